The van der Waals surface area contributed by atoms with Gasteiger partial charge in [-0.2, -0.15) is 5.26 Å². The lowest BCUT2D eigenvalue weighted by Crippen LogP contribution is -2.20. The first-order valence-corrected chi connectivity index (χ1v) is 6.81. The van der Waals surface area contributed by atoms with E-state index in [1.54, 1.807) is 49.6 Å². The maximum absolute atomic E-state index is 12.0. The Morgan fingerprint density at radius 1 is 1.09 bits per heavy atom. The maximum Gasteiger partial charge on any atom is 0.262 e. The fraction of sp³-hybridized carbons (Fsp3) is 0.176. The SMILES string of the molecule is COc1ccc(OC)c(NC(=O)COc2ccc(C#N)cc2)c1. The van der Waals surface area contributed by atoms with Crippen LogP contribution in [0.4, 0.5) is 5.69 Å². The number of hydrogen-bond donors (Lipinski definition) is 1. The van der Waals surface area contributed by atoms with Gasteiger partial charge in [0.2, 0.25) is 0 Å². The van der Waals surface area contributed by atoms with E-state index in [1.165, 1.54) is 7.11 Å². The summed E-state index contributed by atoms with van der Waals surface area (Å²) in [6, 6.07) is 13.6. The molecule has 0 unspecified atom stereocenters. The van der Waals surface area contributed by atoms with E-state index >= 15 is 0 Å². The minimum atomic E-state index is -0.332. The number of carbonyl (C=O) groups excluding carboxylic acids is 1. The first-order chi connectivity index (χ1) is 11.2. The Balaban J connectivity index is 1.97. The number of methoxy groups -OCH3 is 2. The molecule has 0 bridgehead atoms. The molecule has 2 rings (SSSR count). The molecule has 0 radical (unpaired) electrons. The lowest BCUT2D eigenvalue weighted by molar-refractivity contribution is -0.118. The number of hydrogen-bond acceptors (Lipinski definition) is 5. The third-order valence-electron chi connectivity index (χ3n) is 3.03. The van der Waals surface area contributed by atoms with Gasteiger partial charge in [-0.3, -0.25) is 4.79 Å². The number of carbonyl (C=O) groups is 1. The minimum Gasteiger partial charge on any atom is -0.497 e. The van der Waals surface area contributed by atoms with Gasteiger partial charge < -0.3 is 19.5 Å². The van der Waals surface area contributed by atoms with Crippen molar-refractivity contribution in [2.45, 2.75) is 0 Å². The molecule has 1 amide bonds. The Kier molecular flexibility index (Phi) is 5.42. The number of ether oxygens (including phenoxy) is 3. The molecule has 0 atom stereocenters. The zero-order valence-corrected chi connectivity index (χ0v) is 12.8. The Bertz CT molecular complexity index is 720. The number of amides is 1. The van der Waals surface area contributed by atoms with Crippen molar-refractivity contribution >= 4 is 11.6 Å². The van der Waals surface area contributed by atoms with Crippen molar-refractivity contribution in [1.82, 2.24) is 0 Å². The second-order valence-electron chi connectivity index (χ2n) is 4.54. The number of rotatable bonds is 6. The van der Waals surface area contributed by atoms with Crippen LogP contribution in [0.5, 0.6) is 17.2 Å². The molecule has 0 aliphatic carbocycles. The van der Waals surface area contributed by atoms with E-state index in [4.69, 9.17) is 19.5 Å². The van der Waals surface area contributed by atoms with Crippen molar-refractivity contribution in [1.29, 1.82) is 5.26 Å². The van der Waals surface area contributed by atoms with Crippen molar-refractivity contribution in [3.63, 3.8) is 0 Å². The summed E-state index contributed by atoms with van der Waals surface area (Å²) in [5.41, 5.74) is 1.03. The molecule has 0 aromatic heterocycles. The molecule has 23 heavy (non-hydrogen) atoms. The molecule has 2 aromatic carbocycles. The monoisotopic (exact) mass is 312 g/mol. The molecule has 6 nitrogen and oxygen atoms in total. The molecule has 0 aliphatic heterocycles. The molecule has 0 saturated heterocycles. The molecule has 6 heteroatoms. The van der Waals surface area contributed by atoms with Crippen LogP contribution in [0.15, 0.2) is 42.5 Å². The number of nitrogens with one attached hydrogen (secondary N) is 1. The molecular weight excluding hydrogens is 296 g/mol. The zero-order chi connectivity index (χ0) is 16.7. The van der Waals surface area contributed by atoms with Gasteiger partial charge in [-0.1, -0.05) is 0 Å². The van der Waals surface area contributed by atoms with Crippen LogP contribution >= 0.6 is 0 Å². The lowest BCUT2D eigenvalue weighted by atomic mass is 10.2. The van der Waals surface area contributed by atoms with Gasteiger partial charge in [0, 0.05) is 6.07 Å². The highest BCUT2D eigenvalue weighted by atomic mass is 16.5. The van der Waals surface area contributed by atoms with E-state index in [9.17, 15) is 4.79 Å². The average molecular weight is 312 g/mol. The summed E-state index contributed by atoms with van der Waals surface area (Å²) in [4.78, 5) is 12.0. The zero-order valence-electron chi connectivity index (χ0n) is 12.8. The van der Waals surface area contributed by atoms with Gasteiger partial charge >= 0.3 is 0 Å². The second kappa shape index (κ2) is 7.71. The fourth-order valence-electron chi connectivity index (χ4n) is 1.87. The number of nitriles is 1. The molecule has 0 aliphatic rings. The molecule has 0 fully saturated rings. The van der Waals surface area contributed by atoms with E-state index < -0.39 is 0 Å². The Hall–Kier alpha value is -3.20. The van der Waals surface area contributed by atoms with Gasteiger partial charge in [0.1, 0.15) is 17.2 Å². The molecule has 0 heterocycles. The van der Waals surface area contributed by atoms with Gasteiger partial charge in [-0.05, 0) is 36.4 Å². The predicted molar refractivity (Wildman–Crippen MR) is 84.8 cm³/mol. The fourth-order valence-corrected chi connectivity index (χ4v) is 1.87. The van der Waals surface area contributed by atoms with Crippen molar-refractivity contribution in [3.05, 3.63) is 48.0 Å². The quantitative estimate of drug-likeness (QED) is 0.886. The average Bonchev–Trinajstić information content (AvgIpc) is 2.60. The van der Waals surface area contributed by atoms with Crippen LogP contribution in [-0.4, -0.2) is 26.7 Å². The van der Waals surface area contributed by atoms with E-state index in [2.05, 4.69) is 5.32 Å². The van der Waals surface area contributed by atoms with Gasteiger partial charge in [0.25, 0.3) is 5.91 Å². The molecule has 0 saturated carbocycles. The highest BCUT2D eigenvalue weighted by Crippen LogP contribution is 2.28. The van der Waals surface area contributed by atoms with Gasteiger partial charge in [0.15, 0.2) is 6.61 Å². The minimum absolute atomic E-state index is 0.160. The first kappa shape index (κ1) is 16.2. The van der Waals surface area contributed by atoms with Gasteiger partial charge in [-0.15, -0.1) is 0 Å². The standard InChI is InChI=1S/C17H16N2O4/c1-21-14-7-8-16(22-2)15(9-14)19-17(20)11-23-13-5-3-12(10-18)4-6-13/h3-9H,11H2,1-2H3,(H,19,20). The molecule has 0 spiro atoms. The maximum atomic E-state index is 12.0. The van der Waals surface area contributed by atoms with Crippen LogP contribution < -0.4 is 19.5 Å². The summed E-state index contributed by atoms with van der Waals surface area (Å²) in [5, 5.41) is 11.4. The summed E-state index contributed by atoms with van der Waals surface area (Å²) < 4.78 is 15.7. The van der Waals surface area contributed by atoms with E-state index in [0.717, 1.165) is 0 Å². The summed E-state index contributed by atoms with van der Waals surface area (Å²) in [6.07, 6.45) is 0. The summed E-state index contributed by atoms with van der Waals surface area (Å²) in [6.45, 7) is -0.160. The third-order valence-corrected chi connectivity index (χ3v) is 3.03. The summed E-state index contributed by atoms with van der Waals surface area (Å²) in [5.74, 6) is 1.31. The van der Waals surface area contributed by atoms with Crippen LogP contribution in [0.25, 0.3) is 0 Å². The topological polar surface area (TPSA) is 80.6 Å². The number of benzene rings is 2. The van der Waals surface area contributed by atoms with Crippen molar-refractivity contribution in [2.75, 3.05) is 26.1 Å². The highest BCUT2D eigenvalue weighted by Gasteiger charge is 2.10. The first-order valence-electron chi connectivity index (χ1n) is 6.81. The normalized spacial score (nSPS) is 9.61. The predicted octanol–water partition coefficient (Wildman–Crippen LogP) is 2.59. The van der Waals surface area contributed by atoms with E-state index in [1.807, 2.05) is 6.07 Å². The van der Waals surface area contributed by atoms with Crippen LogP contribution in [0.2, 0.25) is 0 Å². The van der Waals surface area contributed by atoms with Crippen LogP contribution in [0.1, 0.15) is 5.56 Å². The number of anilines is 1. The molecule has 1 N–H and O–H groups in total. The Morgan fingerprint density at radius 2 is 1.78 bits per heavy atom. The van der Waals surface area contributed by atoms with Gasteiger partial charge in [-0.25, -0.2) is 0 Å². The van der Waals surface area contributed by atoms with Crippen LogP contribution in [0.3, 0.4) is 0 Å². The van der Waals surface area contributed by atoms with Gasteiger partial charge in [0.05, 0.1) is 31.5 Å². The van der Waals surface area contributed by atoms with E-state index in [-0.39, 0.29) is 12.5 Å². The van der Waals surface area contributed by atoms with Crippen molar-refractivity contribution in [3.8, 4) is 23.3 Å². The summed E-state index contributed by atoms with van der Waals surface area (Å²) >= 11 is 0. The lowest BCUT2D eigenvalue weighted by Gasteiger charge is -2.12. The highest BCUT2D eigenvalue weighted by molar-refractivity contribution is 5.93. The summed E-state index contributed by atoms with van der Waals surface area (Å²) in [7, 11) is 3.06. The molecule has 118 valence electrons. The second-order valence-corrected chi connectivity index (χ2v) is 4.54. The third kappa shape index (κ3) is 4.38. The number of nitrogens with zero attached hydrogens (tertiary/aromatic N) is 1. The smallest absolute Gasteiger partial charge is 0.262 e. The molecule has 2 aromatic rings. The van der Waals surface area contributed by atoms with E-state index in [0.29, 0.717) is 28.5 Å². The van der Waals surface area contributed by atoms with Crippen molar-refractivity contribution < 1.29 is 19.0 Å². The molecular formula is C17H16N2O4. The van der Waals surface area contributed by atoms with Crippen LogP contribution in [-0.2, 0) is 4.79 Å². The van der Waals surface area contributed by atoms with Crippen LogP contribution in [0, 0.1) is 11.3 Å². The van der Waals surface area contributed by atoms with Crippen molar-refractivity contribution in [2.24, 2.45) is 0 Å². The largest absolute Gasteiger partial charge is 0.497 e. The Labute approximate surface area is 134 Å². The Morgan fingerprint density at radius 3 is 2.39 bits per heavy atom.